The Hall–Kier alpha value is -1.11. The Morgan fingerprint density at radius 2 is 2.14 bits per heavy atom. The van der Waals surface area contributed by atoms with Gasteiger partial charge in [-0.25, -0.2) is 8.42 Å². The molecule has 0 amide bonds. The van der Waals surface area contributed by atoms with Gasteiger partial charge in [-0.2, -0.15) is 4.31 Å². The van der Waals surface area contributed by atoms with Crippen LogP contribution in [0, 0.1) is 0 Å². The summed E-state index contributed by atoms with van der Waals surface area (Å²) in [6, 6.07) is 7.06. The Balaban J connectivity index is 2.17. The fourth-order valence-corrected chi connectivity index (χ4v) is 3.81. The lowest BCUT2D eigenvalue weighted by atomic mass is 10.2. The summed E-state index contributed by atoms with van der Waals surface area (Å²) < 4.78 is 32.4. The predicted octanol–water partition coefficient (Wildman–Crippen LogP) is 2.31. The summed E-state index contributed by atoms with van der Waals surface area (Å²) in [7, 11) is -1.88. The van der Waals surface area contributed by atoms with Crippen molar-refractivity contribution in [3.05, 3.63) is 24.3 Å². The number of para-hydroxylation sites is 1. The minimum atomic E-state index is -3.50. The van der Waals surface area contributed by atoms with Gasteiger partial charge in [0.15, 0.2) is 0 Å². The van der Waals surface area contributed by atoms with Crippen LogP contribution in [0.2, 0.25) is 0 Å². The number of hydrogen-bond acceptors (Lipinski definition) is 4. The Kier molecular flexibility index (Phi) is 5.61. The van der Waals surface area contributed by atoms with Crippen LogP contribution in [0.1, 0.15) is 26.2 Å². The first kappa shape index (κ1) is 16.3. The number of hydrogen-bond donors (Lipinski definition) is 1. The van der Waals surface area contributed by atoms with Gasteiger partial charge in [-0.05, 0) is 31.4 Å². The van der Waals surface area contributed by atoms with E-state index in [2.05, 4.69) is 5.32 Å². The van der Waals surface area contributed by atoms with E-state index in [1.54, 1.807) is 19.2 Å². The van der Waals surface area contributed by atoms with E-state index in [1.807, 2.05) is 19.1 Å². The van der Waals surface area contributed by atoms with E-state index in [4.69, 9.17) is 4.74 Å². The van der Waals surface area contributed by atoms with Crippen LogP contribution in [-0.4, -0.2) is 45.6 Å². The molecule has 1 saturated heterocycles. The van der Waals surface area contributed by atoms with Crippen LogP contribution in [0.15, 0.2) is 29.2 Å². The molecule has 0 bridgehead atoms. The molecular formula is C15H24N2O3S. The SMILES string of the molecule is CCCNc1ccccc1S(=O)(=O)N(C)CC1CCCO1. The average molecular weight is 312 g/mol. The first-order valence-corrected chi connectivity index (χ1v) is 8.90. The molecule has 6 heteroatoms. The number of sulfonamides is 1. The molecule has 2 rings (SSSR count). The highest BCUT2D eigenvalue weighted by Crippen LogP contribution is 2.25. The van der Waals surface area contributed by atoms with E-state index >= 15 is 0 Å². The van der Waals surface area contributed by atoms with Crippen LogP contribution in [0.25, 0.3) is 0 Å². The standard InChI is InChI=1S/C15H24N2O3S/c1-3-10-16-14-8-4-5-9-15(14)21(18,19)17(2)12-13-7-6-11-20-13/h4-5,8-9,13,16H,3,6-7,10-12H2,1-2H3. The summed E-state index contributed by atoms with van der Waals surface area (Å²) in [5.74, 6) is 0. The van der Waals surface area contributed by atoms with E-state index in [0.717, 1.165) is 32.4 Å². The molecule has 1 aromatic carbocycles. The molecule has 1 aliphatic rings. The molecule has 1 aliphatic heterocycles. The van der Waals surface area contributed by atoms with Gasteiger partial charge in [-0.3, -0.25) is 0 Å². The van der Waals surface area contributed by atoms with Gasteiger partial charge < -0.3 is 10.1 Å². The second kappa shape index (κ2) is 7.24. The number of benzene rings is 1. The van der Waals surface area contributed by atoms with E-state index in [-0.39, 0.29) is 6.10 Å². The fraction of sp³-hybridized carbons (Fsp3) is 0.600. The van der Waals surface area contributed by atoms with Crippen LogP contribution < -0.4 is 5.32 Å². The summed E-state index contributed by atoms with van der Waals surface area (Å²) >= 11 is 0. The number of nitrogens with one attached hydrogen (secondary N) is 1. The Morgan fingerprint density at radius 1 is 1.38 bits per heavy atom. The maximum atomic E-state index is 12.7. The zero-order valence-electron chi connectivity index (χ0n) is 12.7. The monoisotopic (exact) mass is 312 g/mol. The highest BCUT2D eigenvalue weighted by atomic mass is 32.2. The smallest absolute Gasteiger partial charge is 0.244 e. The van der Waals surface area contributed by atoms with E-state index < -0.39 is 10.0 Å². The first-order chi connectivity index (χ1) is 10.1. The lowest BCUT2D eigenvalue weighted by Crippen LogP contribution is -2.34. The van der Waals surface area contributed by atoms with Crippen molar-refractivity contribution in [1.29, 1.82) is 0 Å². The highest BCUT2D eigenvalue weighted by Gasteiger charge is 2.27. The van der Waals surface area contributed by atoms with Crippen molar-refractivity contribution in [1.82, 2.24) is 4.31 Å². The first-order valence-electron chi connectivity index (χ1n) is 7.46. The van der Waals surface area contributed by atoms with Gasteiger partial charge in [0.25, 0.3) is 0 Å². The summed E-state index contributed by atoms with van der Waals surface area (Å²) in [6.07, 6.45) is 2.89. The van der Waals surface area contributed by atoms with Crippen molar-refractivity contribution in [3.8, 4) is 0 Å². The summed E-state index contributed by atoms with van der Waals surface area (Å²) in [6.45, 7) is 3.94. The molecule has 21 heavy (non-hydrogen) atoms. The number of ether oxygens (including phenoxy) is 1. The molecule has 1 N–H and O–H groups in total. The fourth-order valence-electron chi connectivity index (χ4n) is 2.44. The van der Waals surface area contributed by atoms with Gasteiger partial charge in [0.05, 0.1) is 11.8 Å². The molecule has 0 radical (unpaired) electrons. The number of nitrogens with zero attached hydrogens (tertiary/aromatic N) is 1. The normalized spacial score (nSPS) is 19.1. The third kappa shape index (κ3) is 3.96. The lowest BCUT2D eigenvalue weighted by molar-refractivity contribution is 0.0979. The molecule has 5 nitrogen and oxygen atoms in total. The minimum absolute atomic E-state index is 0.0144. The minimum Gasteiger partial charge on any atom is -0.384 e. The molecule has 118 valence electrons. The van der Waals surface area contributed by atoms with Crippen molar-refractivity contribution < 1.29 is 13.2 Å². The predicted molar refractivity (Wildman–Crippen MR) is 84.0 cm³/mol. The maximum Gasteiger partial charge on any atom is 0.244 e. The third-order valence-corrected chi connectivity index (χ3v) is 5.51. The van der Waals surface area contributed by atoms with Crippen molar-refractivity contribution in [2.75, 3.05) is 32.1 Å². The second-order valence-electron chi connectivity index (χ2n) is 5.34. The molecule has 1 atom stereocenters. The van der Waals surface area contributed by atoms with Gasteiger partial charge in [-0.1, -0.05) is 19.1 Å². The Morgan fingerprint density at radius 3 is 2.81 bits per heavy atom. The second-order valence-corrected chi connectivity index (χ2v) is 7.36. The third-order valence-electron chi connectivity index (χ3n) is 3.63. The van der Waals surface area contributed by atoms with E-state index in [1.165, 1.54) is 4.31 Å². The molecule has 1 unspecified atom stereocenters. The topological polar surface area (TPSA) is 58.6 Å². The summed E-state index contributed by atoms with van der Waals surface area (Å²) in [5, 5.41) is 3.18. The van der Waals surface area contributed by atoms with Gasteiger partial charge in [0.2, 0.25) is 10.0 Å². The molecule has 0 aromatic heterocycles. The van der Waals surface area contributed by atoms with Gasteiger partial charge in [0, 0.05) is 26.7 Å². The van der Waals surface area contributed by atoms with Crippen molar-refractivity contribution in [2.45, 2.75) is 37.2 Å². The maximum absolute atomic E-state index is 12.7. The van der Waals surface area contributed by atoms with Crippen LogP contribution in [0.3, 0.4) is 0 Å². The molecule has 0 spiro atoms. The van der Waals surface area contributed by atoms with Gasteiger partial charge >= 0.3 is 0 Å². The number of rotatable bonds is 7. The molecule has 1 fully saturated rings. The number of likely N-dealkylation sites (N-methyl/N-ethyl adjacent to an activating group) is 1. The Bertz CT molecular complexity index is 554. The highest BCUT2D eigenvalue weighted by molar-refractivity contribution is 7.89. The molecule has 1 heterocycles. The molecule has 0 aliphatic carbocycles. The van der Waals surface area contributed by atoms with Crippen LogP contribution in [0.4, 0.5) is 5.69 Å². The van der Waals surface area contributed by atoms with E-state index in [0.29, 0.717) is 17.1 Å². The number of anilines is 1. The van der Waals surface area contributed by atoms with Crippen LogP contribution in [-0.2, 0) is 14.8 Å². The van der Waals surface area contributed by atoms with Gasteiger partial charge in [-0.15, -0.1) is 0 Å². The molecule has 0 saturated carbocycles. The zero-order valence-corrected chi connectivity index (χ0v) is 13.5. The zero-order chi connectivity index (χ0) is 15.3. The van der Waals surface area contributed by atoms with Crippen LogP contribution in [0.5, 0.6) is 0 Å². The molecular weight excluding hydrogens is 288 g/mol. The van der Waals surface area contributed by atoms with Crippen molar-refractivity contribution in [2.24, 2.45) is 0 Å². The molecule has 1 aromatic rings. The van der Waals surface area contributed by atoms with E-state index in [9.17, 15) is 8.42 Å². The lowest BCUT2D eigenvalue weighted by Gasteiger charge is -2.22. The summed E-state index contributed by atoms with van der Waals surface area (Å²) in [4.78, 5) is 0.332. The average Bonchev–Trinajstić information content (AvgIpc) is 2.98. The Labute approximate surface area is 127 Å². The van der Waals surface area contributed by atoms with Crippen LogP contribution >= 0.6 is 0 Å². The largest absolute Gasteiger partial charge is 0.384 e. The summed E-state index contributed by atoms with van der Waals surface area (Å²) in [5.41, 5.74) is 0.665. The van der Waals surface area contributed by atoms with Crippen molar-refractivity contribution in [3.63, 3.8) is 0 Å². The quantitative estimate of drug-likeness (QED) is 0.839. The van der Waals surface area contributed by atoms with Crippen molar-refractivity contribution >= 4 is 15.7 Å². The van der Waals surface area contributed by atoms with Gasteiger partial charge in [0.1, 0.15) is 4.90 Å².